The van der Waals surface area contributed by atoms with E-state index in [-0.39, 0.29) is 11.4 Å². The number of ether oxygens (including phenoxy) is 1. The van der Waals surface area contributed by atoms with Crippen LogP contribution in [0.3, 0.4) is 0 Å². The van der Waals surface area contributed by atoms with Crippen LogP contribution in [0, 0.1) is 5.41 Å². The molecule has 0 unspecified atom stereocenters. The van der Waals surface area contributed by atoms with Crippen LogP contribution >= 0.6 is 0 Å². The Morgan fingerprint density at radius 1 is 1.25 bits per heavy atom. The van der Waals surface area contributed by atoms with E-state index < -0.39 is 0 Å². The maximum absolute atomic E-state index is 11.8. The zero-order chi connectivity index (χ0) is 11.9. The lowest BCUT2D eigenvalue weighted by molar-refractivity contribution is -0.160. The third kappa shape index (κ3) is 3.48. The molecule has 16 heavy (non-hydrogen) atoms. The average molecular weight is 227 g/mol. The third-order valence-electron chi connectivity index (χ3n) is 3.62. The highest BCUT2D eigenvalue weighted by molar-refractivity contribution is 5.78. The lowest BCUT2D eigenvalue weighted by Gasteiger charge is -2.37. The number of carbonyl (C=O) groups is 1. The van der Waals surface area contributed by atoms with Gasteiger partial charge >= 0.3 is 5.97 Å². The molecule has 1 fully saturated rings. The van der Waals surface area contributed by atoms with E-state index in [1.165, 1.54) is 19.3 Å². The van der Waals surface area contributed by atoms with Crippen molar-refractivity contribution in [3.8, 4) is 0 Å². The van der Waals surface area contributed by atoms with E-state index >= 15 is 0 Å². The highest BCUT2D eigenvalue weighted by atomic mass is 16.5. The van der Waals surface area contributed by atoms with Gasteiger partial charge in [-0.25, -0.2) is 0 Å². The largest absolute Gasteiger partial charge is 0.465 e. The van der Waals surface area contributed by atoms with Crippen molar-refractivity contribution in [3.63, 3.8) is 0 Å². The van der Waals surface area contributed by atoms with Gasteiger partial charge in [0.05, 0.1) is 12.0 Å². The first-order chi connectivity index (χ1) is 7.75. The van der Waals surface area contributed by atoms with Crippen molar-refractivity contribution >= 4 is 5.97 Å². The summed E-state index contributed by atoms with van der Waals surface area (Å²) in [4.78, 5) is 11.8. The molecular formula is C13H25NO2. The van der Waals surface area contributed by atoms with Crippen LogP contribution in [0.15, 0.2) is 0 Å². The van der Waals surface area contributed by atoms with Gasteiger partial charge < -0.3 is 10.5 Å². The predicted molar refractivity (Wildman–Crippen MR) is 65.1 cm³/mol. The Bertz CT molecular complexity index is 206. The minimum atomic E-state index is -0.316. The molecule has 0 heterocycles. The van der Waals surface area contributed by atoms with Crippen LogP contribution in [0.5, 0.6) is 0 Å². The molecule has 94 valence electrons. The summed E-state index contributed by atoms with van der Waals surface area (Å²) in [6.07, 6.45) is 8.87. The first-order valence-electron chi connectivity index (χ1n) is 6.62. The Kier molecular flexibility index (Phi) is 5.81. The molecule has 0 atom stereocenters. The fourth-order valence-electron chi connectivity index (χ4n) is 2.12. The summed E-state index contributed by atoms with van der Waals surface area (Å²) in [5, 5.41) is 0. The van der Waals surface area contributed by atoms with Crippen LogP contribution in [0.2, 0.25) is 0 Å². The fraction of sp³-hybridized carbons (Fsp3) is 0.923. The fourth-order valence-corrected chi connectivity index (χ4v) is 2.12. The Morgan fingerprint density at radius 3 is 2.44 bits per heavy atom. The van der Waals surface area contributed by atoms with Crippen LogP contribution in [0.4, 0.5) is 0 Å². The molecule has 0 aliphatic heterocycles. The van der Waals surface area contributed by atoms with Crippen molar-refractivity contribution in [1.29, 1.82) is 0 Å². The SMILES string of the molecule is CCCCCCCOC(=O)C1(CN)CCC1. The second kappa shape index (κ2) is 6.89. The summed E-state index contributed by atoms with van der Waals surface area (Å²) in [6, 6.07) is 0. The minimum absolute atomic E-state index is 0.0586. The molecule has 1 aliphatic rings. The summed E-state index contributed by atoms with van der Waals surface area (Å²) in [5.74, 6) is -0.0586. The highest BCUT2D eigenvalue weighted by Gasteiger charge is 2.44. The summed E-state index contributed by atoms with van der Waals surface area (Å²) in [6.45, 7) is 3.22. The Morgan fingerprint density at radius 2 is 1.94 bits per heavy atom. The van der Waals surface area contributed by atoms with Gasteiger partial charge in [-0.3, -0.25) is 4.79 Å². The maximum Gasteiger partial charge on any atom is 0.313 e. The van der Waals surface area contributed by atoms with E-state index in [0.29, 0.717) is 13.2 Å². The summed E-state index contributed by atoms with van der Waals surface area (Å²) < 4.78 is 5.30. The van der Waals surface area contributed by atoms with Gasteiger partial charge in [-0.1, -0.05) is 39.0 Å². The van der Waals surface area contributed by atoms with Gasteiger partial charge in [0.25, 0.3) is 0 Å². The molecule has 0 aromatic rings. The molecule has 0 radical (unpaired) electrons. The van der Waals surface area contributed by atoms with Crippen molar-refractivity contribution in [2.45, 2.75) is 58.3 Å². The number of carbonyl (C=O) groups excluding carboxylic acids is 1. The van der Waals surface area contributed by atoms with E-state index in [4.69, 9.17) is 10.5 Å². The molecule has 1 aliphatic carbocycles. The molecule has 1 saturated carbocycles. The van der Waals surface area contributed by atoms with Crippen molar-refractivity contribution in [1.82, 2.24) is 0 Å². The van der Waals surface area contributed by atoms with E-state index in [9.17, 15) is 4.79 Å². The number of hydrogen-bond donors (Lipinski definition) is 1. The molecule has 0 aromatic carbocycles. The van der Waals surface area contributed by atoms with E-state index in [0.717, 1.165) is 32.1 Å². The molecule has 3 nitrogen and oxygen atoms in total. The van der Waals surface area contributed by atoms with Crippen LogP contribution < -0.4 is 5.73 Å². The van der Waals surface area contributed by atoms with Crippen molar-refractivity contribution in [2.75, 3.05) is 13.2 Å². The van der Waals surface area contributed by atoms with E-state index in [2.05, 4.69) is 6.92 Å². The molecule has 1 rings (SSSR count). The predicted octanol–water partition coefficient (Wildman–Crippen LogP) is 2.63. The number of unbranched alkanes of at least 4 members (excludes halogenated alkanes) is 4. The molecule has 3 heteroatoms. The zero-order valence-electron chi connectivity index (χ0n) is 10.5. The van der Waals surface area contributed by atoms with Crippen LogP contribution in [0.25, 0.3) is 0 Å². The number of esters is 1. The Hall–Kier alpha value is -0.570. The molecule has 0 aromatic heterocycles. The molecule has 0 spiro atoms. The van der Waals surface area contributed by atoms with Crippen molar-refractivity contribution in [3.05, 3.63) is 0 Å². The summed E-state index contributed by atoms with van der Waals surface area (Å²) in [7, 11) is 0. The maximum atomic E-state index is 11.8. The van der Waals surface area contributed by atoms with Crippen molar-refractivity contribution in [2.24, 2.45) is 11.1 Å². The van der Waals surface area contributed by atoms with Crippen LogP contribution in [-0.2, 0) is 9.53 Å². The Balaban J connectivity index is 2.06. The third-order valence-corrected chi connectivity index (χ3v) is 3.62. The van der Waals surface area contributed by atoms with Gasteiger partial charge in [-0.2, -0.15) is 0 Å². The second-order valence-electron chi connectivity index (χ2n) is 4.89. The van der Waals surface area contributed by atoms with Gasteiger partial charge in [0, 0.05) is 6.54 Å². The highest BCUT2D eigenvalue weighted by Crippen LogP contribution is 2.40. The van der Waals surface area contributed by atoms with Gasteiger partial charge in [0.1, 0.15) is 0 Å². The normalized spacial score (nSPS) is 17.9. The van der Waals surface area contributed by atoms with Crippen molar-refractivity contribution < 1.29 is 9.53 Å². The van der Waals surface area contributed by atoms with Crippen LogP contribution in [0.1, 0.15) is 58.3 Å². The first kappa shape index (κ1) is 13.5. The zero-order valence-corrected chi connectivity index (χ0v) is 10.5. The molecule has 0 saturated heterocycles. The van der Waals surface area contributed by atoms with Gasteiger partial charge in [0.2, 0.25) is 0 Å². The Labute approximate surface area is 98.7 Å². The minimum Gasteiger partial charge on any atom is -0.465 e. The number of rotatable bonds is 8. The van der Waals surface area contributed by atoms with Crippen LogP contribution in [-0.4, -0.2) is 19.1 Å². The topological polar surface area (TPSA) is 52.3 Å². The lowest BCUT2D eigenvalue weighted by atomic mass is 9.69. The molecular weight excluding hydrogens is 202 g/mol. The molecule has 2 N–H and O–H groups in total. The van der Waals surface area contributed by atoms with E-state index in [1.807, 2.05) is 0 Å². The monoisotopic (exact) mass is 227 g/mol. The standard InChI is InChI=1S/C13H25NO2/c1-2-3-4-5-6-10-16-12(15)13(11-14)8-7-9-13/h2-11,14H2,1H3. The van der Waals surface area contributed by atoms with E-state index in [1.54, 1.807) is 0 Å². The number of hydrogen-bond acceptors (Lipinski definition) is 3. The first-order valence-corrected chi connectivity index (χ1v) is 6.62. The summed E-state index contributed by atoms with van der Waals surface area (Å²) >= 11 is 0. The van der Waals surface area contributed by atoms with Gasteiger partial charge in [-0.05, 0) is 19.3 Å². The summed E-state index contributed by atoms with van der Waals surface area (Å²) in [5.41, 5.74) is 5.32. The lowest BCUT2D eigenvalue weighted by Crippen LogP contribution is -2.45. The smallest absolute Gasteiger partial charge is 0.313 e. The van der Waals surface area contributed by atoms with Gasteiger partial charge in [0.15, 0.2) is 0 Å². The van der Waals surface area contributed by atoms with Gasteiger partial charge in [-0.15, -0.1) is 0 Å². The second-order valence-corrected chi connectivity index (χ2v) is 4.89. The number of nitrogens with two attached hydrogens (primary N) is 1. The molecule has 0 amide bonds. The molecule has 0 bridgehead atoms. The average Bonchev–Trinajstić information content (AvgIpc) is 2.22. The quantitative estimate of drug-likeness (QED) is 0.512.